The second-order valence-corrected chi connectivity index (χ2v) is 6.72. The van der Waals surface area contributed by atoms with Gasteiger partial charge in [-0.05, 0) is 37.3 Å². The van der Waals surface area contributed by atoms with Crippen molar-refractivity contribution in [2.24, 2.45) is 0 Å². The molecule has 3 aromatic rings. The van der Waals surface area contributed by atoms with E-state index in [1.807, 2.05) is 24.3 Å². The molecule has 24 heavy (non-hydrogen) atoms. The summed E-state index contributed by atoms with van der Waals surface area (Å²) in [5.41, 5.74) is 0.747. The fraction of sp³-hybridized carbons (Fsp3) is 0.125. The summed E-state index contributed by atoms with van der Waals surface area (Å²) in [6.07, 6.45) is 3.11. The first kappa shape index (κ1) is 16.5. The highest BCUT2D eigenvalue weighted by Crippen LogP contribution is 2.24. The number of amides is 1. The summed E-state index contributed by atoms with van der Waals surface area (Å²) in [7, 11) is 0. The third-order valence-corrected chi connectivity index (χ3v) is 4.16. The fourth-order valence-corrected chi connectivity index (χ4v) is 2.99. The molecule has 0 bridgehead atoms. The highest BCUT2D eigenvalue weighted by molar-refractivity contribution is 9.10. The van der Waals surface area contributed by atoms with Crippen LogP contribution in [0.25, 0.3) is 17.0 Å². The van der Waals surface area contributed by atoms with Gasteiger partial charge in [-0.3, -0.25) is 14.9 Å². The molecule has 0 unspecified atom stereocenters. The Balaban J connectivity index is 1.65. The van der Waals surface area contributed by atoms with E-state index in [1.165, 1.54) is 13.0 Å². The summed E-state index contributed by atoms with van der Waals surface area (Å²) in [5.74, 6) is 0.617. The van der Waals surface area contributed by atoms with Crippen LogP contribution in [0.2, 0.25) is 0 Å². The first-order valence-electron chi connectivity index (χ1n) is 7.00. The molecule has 0 aliphatic carbocycles. The maximum atomic E-state index is 11.9. The fourth-order valence-electron chi connectivity index (χ4n) is 2.02. The van der Waals surface area contributed by atoms with Crippen LogP contribution in [0, 0.1) is 0 Å². The number of Topliss-reactive ketones (excluding diaryl/α,β-unsaturated/α-hetero) is 1. The van der Waals surface area contributed by atoms with Gasteiger partial charge in [0.15, 0.2) is 5.82 Å². The molecule has 0 spiro atoms. The maximum absolute atomic E-state index is 11.9. The first-order valence-corrected chi connectivity index (χ1v) is 8.56. The highest BCUT2D eigenvalue weighted by Gasteiger charge is 2.08. The van der Waals surface area contributed by atoms with Gasteiger partial charge in [-0.15, -0.1) is 0 Å². The number of carbonyl (C=O) groups excluding carboxylic acids is 2. The average molecular weight is 406 g/mol. The Morgan fingerprint density at radius 2 is 2.21 bits per heavy atom. The number of furan rings is 1. The predicted molar refractivity (Wildman–Crippen MR) is 95.9 cm³/mol. The number of halogens is 1. The van der Waals surface area contributed by atoms with Crippen molar-refractivity contribution >= 4 is 61.3 Å². The molecule has 0 saturated carbocycles. The predicted octanol–water partition coefficient (Wildman–Crippen LogP) is 3.83. The van der Waals surface area contributed by atoms with E-state index in [9.17, 15) is 9.59 Å². The van der Waals surface area contributed by atoms with Crippen molar-refractivity contribution in [3.05, 3.63) is 46.4 Å². The van der Waals surface area contributed by atoms with Gasteiger partial charge < -0.3 is 4.42 Å². The number of fused-ring (bicyclic) bond motifs is 1. The SMILES string of the molecule is CC(=O)Cc1nsc(NC(=O)C=Cc2cc3cc(Br)ccc3o2)n1. The Morgan fingerprint density at radius 1 is 1.38 bits per heavy atom. The van der Waals surface area contributed by atoms with Crippen molar-refractivity contribution in [1.29, 1.82) is 0 Å². The van der Waals surface area contributed by atoms with Crippen LogP contribution in [0.3, 0.4) is 0 Å². The molecule has 8 heteroatoms. The lowest BCUT2D eigenvalue weighted by Gasteiger charge is -1.94. The lowest BCUT2D eigenvalue weighted by Crippen LogP contribution is -2.07. The zero-order chi connectivity index (χ0) is 17.1. The number of nitrogens with one attached hydrogen (secondary N) is 1. The molecule has 1 N–H and O–H groups in total. The normalized spacial score (nSPS) is 11.2. The van der Waals surface area contributed by atoms with E-state index in [4.69, 9.17) is 4.42 Å². The third-order valence-electron chi connectivity index (χ3n) is 3.00. The molecule has 1 aromatic carbocycles. The topological polar surface area (TPSA) is 85.1 Å². The van der Waals surface area contributed by atoms with Crippen LogP contribution in [0.5, 0.6) is 0 Å². The molecule has 0 saturated heterocycles. The zero-order valence-corrected chi connectivity index (χ0v) is 15.0. The number of benzene rings is 1. The van der Waals surface area contributed by atoms with Gasteiger partial charge in [-0.2, -0.15) is 4.37 Å². The number of ketones is 1. The van der Waals surface area contributed by atoms with Gasteiger partial charge in [0, 0.05) is 27.5 Å². The molecule has 0 radical (unpaired) electrons. The summed E-state index contributed by atoms with van der Waals surface area (Å²) < 4.78 is 10.6. The Morgan fingerprint density at radius 3 is 3.00 bits per heavy atom. The first-order chi connectivity index (χ1) is 11.5. The van der Waals surface area contributed by atoms with Crippen LogP contribution in [0.15, 0.2) is 39.2 Å². The van der Waals surface area contributed by atoms with Gasteiger partial charge in [0.1, 0.15) is 17.1 Å². The molecule has 3 rings (SSSR count). The third kappa shape index (κ3) is 4.15. The van der Waals surface area contributed by atoms with E-state index in [1.54, 1.807) is 6.08 Å². The molecule has 0 fully saturated rings. The molecule has 0 aliphatic heterocycles. The number of carbonyl (C=O) groups is 2. The van der Waals surface area contributed by atoms with E-state index in [0.29, 0.717) is 16.7 Å². The molecule has 2 heterocycles. The monoisotopic (exact) mass is 405 g/mol. The summed E-state index contributed by atoms with van der Waals surface area (Å²) in [6.45, 7) is 1.47. The number of hydrogen-bond donors (Lipinski definition) is 1. The number of hydrogen-bond acceptors (Lipinski definition) is 6. The van der Waals surface area contributed by atoms with Crippen molar-refractivity contribution in [3.8, 4) is 0 Å². The van der Waals surface area contributed by atoms with Crippen LogP contribution in [0.4, 0.5) is 5.13 Å². The van der Waals surface area contributed by atoms with E-state index >= 15 is 0 Å². The zero-order valence-electron chi connectivity index (χ0n) is 12.6. The Hall–Kier alpha value is -2.32. The van der Waals surface area contributed by atoms with E-state index in [0.717, 1.165) is 27.0 Å². The number of aromatic nitrogens is 2. The van der Waals surface area contributed by atoms with Crippen molar-refractivity contribution in [3.63, 3.8) is 0 Å². The van der Waals surface area contributed by atoms with Crippen molar-refractivity contribution in [2.45, 2.75) is 13.3 Å². The van der Waals surface area contributed by atoms with Crippen LogP contribution in [0.1, 0.15) is 18.5 Å². The summed E-state index contributed by atoms with van der Waals surface area (Å²) >= 11 is 4.44. The van der Waals surface area contributed by atoms with Crippen LogP contribution < -0.4 is 5.32 Å². The maximum Gasteiger partial charge on any atom is 0.250 e. The highest BCUT2D eigenvalue weighted by atomic mass is 79.9. The van der Waals surface area contributed by atoms with Gasteiger partial charge in [0.05, 0.1) is 6.42 Å². The van der Waals surface area contributed by atoms with E-state index in [2.05, 4.69) is 30.6 Å². The Kier molecular flexibility index (Phi) is 4.86. The number of anilines is 1. The molecule has 0 atom stereocenters. The molecule has 1 amide bonds. The van der Waals surface area contributed by atoms with Gasteiger partial charge in [-0.1, -0.05) is 15.9 Å². The Labute approximate surface area is 149 Å². The van der Waals surface area contributed by atoms with Gasteiger partial charge in [0.2, 0.25) is 11.0 Å². The van der Waals surface area contributed by atoms with Gasteiger partial charge in [-0.25, -0.2) is 4.98 Å². The Bertz CT molecular complexity index is 945. The molecular weight excluding hydrogens is 394 g/mol. The van der Waals surface area contributed by atoms with E-state index in [-0.39, 0.29) is 18.1 Å². The van der Waals surface area contributed by atoms with Gasteiger partial charge in [0.25, 0.3) is 0 Å². The lowest BCUT2D eigenvalue weighted by atomic mass is 10.2. The number of rotatable bonds is 5. The van der Waals surface area contributed by atoms with Crippen molar-refractivity contribution in [1.82, 2.24) is 9.36 Å². The van der Waals surface area contributed by atoms with Gasteiger partial charge >= 0.3 is 0 Å². The molecule has 0 aliphatic rings. The van der Waals surface area contributed by atoms with Crippen molar-refractivity contribution in [2.75, 3.05) is 5.32 Å². The summed E-state index contributed by atoms with van der Waals surface area (Å²) in [5, 5.41) is 3.91. The average Bonchev–Trinajstić information content (AvgIpc) is 3.10. The minimum atomic E-state index is -0.345. The molecule has 6 nitrogen and oxygen atoms in total. The van der Waals surface area contributed by atoms with Crippen LogP contribution in [-0.4, -0.2) is 21.0 Å². The quantitative estimate of drug-likeness (QED) is 0.651. The summed E-state index contributed by atoms with van der Waals surface area (Å²) in [4.78, 5) is 27.0. The minimum absolute atomic E-state index is 0.0258. The number of nitrogens with zero attached hydrogens (tertiary/aromatic N) is 2. The van der Waals surface area contributed by atoms with Crippen LogP contribution in [-0.2, 0) is 16.0 Å². The smallest absolute Gasteiger partial charge is 0.250 e. The molecule has 2 aromatic heterocycles. The largest absolute Gasteiger partial charge is 0.457 e. The second-order valence-electron chi connectivity index (χ2n) is 5.05. The standard InChI is InChI=1S/C16H12BrN3O3S/c1-9(21)6-14-18-16(24-20-14)19-15(22)5-3-12-8-10-7-11(17)2-4-13(10)23-12/h2-5,7-8H,6H2,1H3,(H,18,19,20,22). The summed E-state index contributed by atoms with van der Waals surface area (Å²) in [6, 6.07) is 7.53. The lowest BCUT2D eigenvalue weighted by molar-refractivity contribution is -0.116. The minimum Gasteiger partial charge on any atom is -0.457 e. The van der Waals surface area contributed by atoms with Crippen LogP contribution >= 0.6 is 27.5 Å². The second kappa shape index (κ2) is 7.06. The van der Waals surface area contributed by atoms with Crippen molar-refractivity contribution < 1.29 is 14.0 Å². The molecular formula is C16H12BrN3O3S. The van der Waals surface area contributed by atoms with E-state index < -0.39 is 0 Å². The molecule has 122 valence electrons.